The van der Waals surface area contributed by atoms with Crippen molar-refractivity contribution in [3.8, 4) is 0 Å². The van der Waals surface area contributed by atoms with Gasteiger partial charge < -0.3 is 0 Å². The number of carbonyl (C=O) groups is 2. The number of nitrogens with zero attached hydrogens (tertiary/aromatic N) is 1. The fourth-order valence-electron chi connectivity index (χ4n) is 4.65. The molecule has 2 amide bonds. The molecule has 3 fully saturated rings. The molecule has 0 aromatic rings. The molecule has 1 saturated heterocycles. The second-order valence-electron chi connectivity index (χ2n) is 5.72. The van der Waals surface area contributed by atoms with Crippen molar-refractivity contribution < 1.29 is 14.4 Å². The van der Waals surface area contributed by atoms with Gasteiger partial charge in [0.1, 0.15) is 0 Å². The van der Waals surface area contributed by atoms with Crippen molar-refractivity contribution in [1.29, 1.82) is 0 Å². The summed E-state index contributed by atoms with van der Waals surface area (Å²) < 4.78 is 0. The third-order valence-corrected chi connectivity index (χ3v) is 5.26. The normalized spacial score (nSPS) is 50.3. The Morgan fingerprint density at radius 2 is 1.59 bits per heavy atom. The molecule has 90 valence electrons. The zero-order valence-corrected chi connectivity index (χ0v) is 9.70. The lowest BCUT2D eigenvalue weighted by molar-refractivity contribution is -0.183. The van der Waals surface area contributed by atoms with E-state index in [-0.39, 0.29) is 23.7 Å². The van der Waals surface area contributed by atoms with Gasteiger partial charge in [-0.05, 0) is 36.5 Å². The summed E-state index contributed by atoms with van der Waals surface area (Å²) >= 11 is 0. The van der Waals surface area contributed by atoms with Gasteiger partial charge in [-0.2, -0.15) is 5.06 Å². The summed E-state index contributed by atoms with van der Waals surface area (Å²) in [5.74, 6) is 1.36. The Kier molecular flexibility index (Phi) is 1.73. The highest BCUT2D eigenvalue weighted by atomic mass is 16.7. The molecule has 0 radical (unpaired) electrons. The van der Waals surface area contributed by atoms with E-state index in [2.05, 4.69) is 12.2 Å². The summed E-state index contributed by atoms with van der Waals surface area (Å²) in [7, 11) is 1.40. The molecule has 4 nitrogen and oxygen atoms in total. The predicted molar refractivity (Wildman–Crippen MR) is 58.2 cm³/mol. The number of hydrogen-bond acceptors (Lipinski definition) is 3. The summed E-state index contributed by atoms with van der Waals surface area (Å²) in [6.45, 7) is 0. The number of hydroxylamine groups is 2. The van der Waals surface area contributed by atoms with Crippen LogP contribution in [-0.4, -0.2) is 24.0 Å². The molecule has 0 spiro atoms. The number of imide groups is 1. The van der Waals surface area contributed by atoms with Crippen LogP contribution < -0.4 is 0 Å². The summed E-state index contributed by atoms with van der Waals surface area (Å²) in [6.07, 6.45) is 6.72. The average Bonchev–Trinajstić information content (AvgIpc) is 2.90. The van der Waals surface area contributed by atoms with E-state index in [1.165, 1.54) is 7.11 Å². The van der Waals surface area contributed by atoms with Gasteiger partial charge >= 0.3 is 0 Å². The Morgan fingerprint density at radius 1 is 1.06 bits per heavy atom. The largest absolute Gasteiger partial charge is 0.272 e. The fraction of sp³-hybridized carbons (Fsp3) is 0.692. The number of allylic oxidation sites excluding steroid dienone is 2. The molecule has 5 unspecified atom stereocenters. The van der Waals surface area contributed by atoms with Crippen LogP contribution in [0.3, 0.4) is 0 Å². The van der Waals surface area contributed by atoms with E-state index in [0.29, 0.717) is 23.7 Å². The highest BCUT2D eigenvalue weighted by Gasteiger charge is 2.64. The van der Waals surface area contributed by atoms with Gasteiger partial charge in [0.05, 0.1) is 18.9 Å². The Morgan fingerprint density at radius 3 is 2.06 bits per heavy atom. The lowest BCUT2D eigenvalue weighted by atomic mass is 9.76. The van der Waals surface area contributed by atoms with Crippen molar-refractivity contribution in [2.75, 3.05) is 7.11 Å². The van der Waals surface area contributed by atoms with Crippen LogP contribution >= 0.6 is 0 Å². The van der Waals surface area contributed by atoms with Gasteiger partial charge in [0.25, 0.3) is 11.8 Å². The first-order valence-corrected chi connectivity index (χ1v) is 6.32. The highest BCUT2D eigenvalue weighted by Crippen LogP contribution is 2.60. The summed E-state index contributed by atoms with van der Waals surface area (Å²) in [5, 5.41) is 0.999. The van der Waals surface area contributed by atoms with Crippen LogP contribution in [-0.2, 0) is 14.4 Å². The molecular formula is C13H15NO3. The number of carbonyl (C=O) groups excluding carboxylic acids is 2. The molecule has 6 atom stereocenters. The molecule has 4 heteroatoms. The smallest absolute Gasteiger partial charge is 0.257 e. The molecule has 3 aliphatic carbocycles. The van der Waals surface area contributed by atoms with Gasteiger partial charge in [-0.25, -0.2) is 0 Å². The van der Waals surface area contributed by atoms with E-state index in [1.54, 1.807) is 0 Å². The zero-order valence-electron chi connectivity index (χ0n) is 9.70. The van der Waals surface area contributed by atoms with E-state index in [0.717, 1.165) is 17.9 Å². The molecule has 4 rings (SSSR count). The van der Waals surface area contributed by atoms with Gasteiger partial charge in [-0.15, -0.1) is 0 Å². The second kappa shape index (κ2) is 2.99. The van der Waals surface area contributed by atoms with Gasteiger partial charge in [0, 0.05) is 0 Å². The standard InChI is InChI=1S/C13H15NO3/c1-17-14-12(15)10-8-5-9(11(10)13(14)16)7-3-2-6(8)4-7/h2-3,6-11H,4-5H2,1H3/t6-,7?,8?,9?,10?,11?/m0/s1. The molecule has 1 aliphatic heterocycles. The van der Waals surface area contributed by atoms with Gasteiger partial charge in [0.2, 0.25) is 0 Å². The van der Waals surface area contributed by atoms with Crippen molar-refractivity contribution in [1.82, 2.24) is 5.06 Å². The van der Waals surface area contributed by atoms with E-state index < -0.39 is 0 Å². The third-order valence-electron chi connectivity index (χ3n) is 5.26. The Balaban J connectivity index is 1.79. The molecule has 4 bridgehead atoms. The Bertz CT molecular complexity index is 408. The molecule has 1 heterocycles. The molecule has 2 saturated carbocycles. The van der Waals surface area contributed by atoms with Gasteiger partial charge in [-0.3, -0.25) is 14.4 Å². The minimum absolute atomic E-state index is 0.101. The summed E-state index contributed by atoms with van der Waals surface area (Å²) in [5.41, 5.74) is 0. The number of hydrogen-bond donors (Lipinski definition) is 0. The van der Waals surface area contributed by atoms with Crippen LogP contribution in [0.4, 0.5) is 0 Å². The molecule has 4 aliphatic rings. The molecule has 0 N–H and O–H groups in total. The van der Waals surface area contributed by atoms with Crippen molar-refractivity contribution >= 4 is 11.8 Å². The highest BCUT2D eigenvalue weighted by molar-refractivity contribution is 6.04. The fourth-order valence-corrected chi connectivity index (χ4v) is 4.65. The van der Waals surface area contributed by atoms with Crippen LogP contribution in [0.25, 0.3) is 0 Å². The predicted octanol–water partition coefficient (Wildman–Crippen LogP) is 0.991. The number of amides is 2. The first kappa shape index (κ1) is 9.83. The van der Waals surface area contributed by atoms with Crippen molar-refractivity contribution in [3.63, 3.8) is 0 Å². The minimum atomic E-state index is -0.104. The minimum Gasteiger partial charge on any atom is -0.272 e. The second-order valence-corrected chi connectivity index (χ2v) is 5.72. The van der Waals surface area contributed by atoms with E-state index in [9.17, 15) is 9.59 Å². The van der Waals surface area contributed by atoms with Crippen molar-refractivity contribution in [2.45, 2.75) is 12.8 Å². The van der Waals surface area contributed by atoms with Crippen molar-refractivity contribution in [2.24, 2.45) is 35.5 Å². The Hall–Kier alpha value is -1.16. The Labute approximate surface area is 99.6 Å². The van der Waals surface area contributed by atoms with Crippen molar-refractivity contribution in [3.05, 3.63) is 12.2 Å². The van der Waals surface area contributed by atoms with Crippen LogP contribution in [0.2, 0.25) is 0 Å². The number of rotatable bonds is 1. The lowest BCUT2D eigenvalue weighted by Crippen LogP contribution is -2.35. The molecular weight excluding hydrogens is 218 g/mol. The molecule has 0 aromatic carbocycles. The van der Waals surface area contributed by atoms with Crippen LogP contribution in [0.15, 0.2) is 12.2 Å². The first-order chi connectivity index (χ1) is 8.22. The topological polar surface area (TPSA) is 46.6 Å². The molecule has 17 heavy (non-hydrogen) atoms. The van der Waals surface area contributed by atoms with Gasteiger partial charge in [0.15, 0.2) is 0 Å². The summed E-state index contributed by atoms with van der Waals surface area (Å²) in [6, 6.07) is 0. The molecule has 0 aromatic heterocycles. The monoisotopic (exact) mass is 233 g/mol. The van der Waals surface area contributed by atoms with E-state index >= 15 is 0 Å². The SMILES string of the molecule is CON1C(=O)C2C3CC(C2C1=O)[C@H]1C=CC3C1. The average molecular weight is 233 g/mol. The quantitative estimate of drug-likeness (QED) is 0.501. The maximum absolute atomic E-state index is 12.2. The van der Waals surface area contributed by atoms with Crippen LogP contribution in [0, 0.1) is 35.5 Å². The maximum atomic E-state index is 12.2. The summed E-state index contributed by atoms with van der Waals surface area (Å²) in [4.78, 5) is 29.3. The zero-order chi connectivity index (χ0) is 11.7. The van der Waals surface area contributed by atoms with E-state index in [1.807, 2.05) is 0 Å². The first-order valence-electron chi connectivity index (χ1n) is 6.32. The maximum Gasteiger partial charge on any atom is 0.257 e. The van der Waals surface area contributed by atoms with Crippen LogP contribution in [0.1, 0.15) is 12.8 Å². The van der Waals surface area contributed by atoms with E-state index in [4.69, 9.17) is 4.84 Å². The van der Waals surface area contributed by atoms with Gasteiger partial charge in [-0.1, -0.05) is 12.2 Å². The number of fused-ring (bicyclic) bond motifs is 9. The van der Waals surface area contributed by atoms with Crippen LogP contribution in [0.5, 0.6) is 0 Å². The lowest BCUT2D eigenvalue weighted by Gasteiger charge is -2.29. The third kappa shape index (κ3) is 0.985.